The molecule has 0 saturated heterocycles. The maximum absolute atomic E-state index is 12.0. The van der Waals surface area contributed by atoms with E-state index < -0.39 is 0 Å². The fraction of sp³-hybridized carbons (Fsp3) is 0.692. The fourth-order valence-electron chi connectivity index (χ4n) is 1.50. The van der Waals surface area contributed by atoms with Crippen molar-refractivity contribution in [2.24, 2.45) is 5.92 Å². The van der Waals surface area contributed by atoms with Gasteiger partial charge in [-0.2, -0.15) is 4.98 Å². The Morgan fingerprint density at radius 1 is 1.44 bits per heavy atom. The summed E-state index contributed by atoms with van der Waals surface area (Å²) >= 11 is 0. The molecule has 1 aromatic heterocycles. The smallest absolute Gasteiger partial charge is 0.329 e. The quantitative estimate of drug-likeness (QED) is 0.877. The van der Waals surface area contributed by atoms with E-state index in [0.29, 0.717) is 18.5 Å². The van der Waals surface area contributed by atoms with Crippen molar-refractivity contribution in [2.75, 3.05) is 13.7 Å². The van der Waals surface area contributed by atoms with E-state index in [-0.39, 0.29) is 11.9 Å². The molecule has 0 aliphatic heterocycles. The van der Waals surface area contributed by atoms with Crippen LogP contribution < -0.4 is 10.1 Å². The van der Waals surface area contributed by atoms with Crippen LogP contribution in [0.3, 0.4) is 0 Å². The molecule has 1 rings (SSSR count). The summed E-state index contributed by atoms with van der Waals surface area (Å²) in [7, 11) is 1.52. The van der Waals surface area contributed by atoms with Crippen molar-refractivity contribution in [3.63, 3.8) is 0 Å². The summed E-state index contributed by atoms with van der Waals surface area (Å²) in [5.74, 6) is 0.838. The van der Waals surface area contributed by atoms with Crippen LogP contribution in [0.1, 0.15) is 45.7 Å². The molecule has 0 spiro atoms. The fourth-order valence-corrected chi connectivity index (χ4v) is 1.50. The van der Waals surface area contributed by atoms with E-state index >= 15 is 0 Å². The molecule has 0 atom stereocenters. The summed E-state index contributed by atoms with van der Waals surface area (Å²) in [6, 6.07) is 0.146. The minimum Gasteiger partial charge on any atom is -0.468 e. The molecule has 1 N–H and O–H groups in total. The van der Waals surface area contributed by atoms with Crippen LogP contribution in [0.15, 0.2) is 6.20 Å². The third-order valence-electron chi connectivity index (χ3n) is 2.68. The first-order valence-corrected chi connectivity index (χ1v) is 6.37. The molecule has 0 fully saturated rings. The molecule has 5 heteroatoms. The van der Waals surface area contributed by atoms with Crippen molar-refractivity contribution in [2.45, 2.75) is 40.0 Å². The van der Waals surface area contributed by atoms with Gasteiger partial charge in [0.2, 0.25) is 0 Å². The average molecular weight is 253 g/mol. The number of imidazole rings is 1. The van der Waals surface area contributed by atoms with Gasteiger partial charge in [-0.25, -0.2) is 9.36 Å². The number of nitrogens with one attached hydrogen (secondary N) is 1. The average Bonchev–Trinajstić information content (AvgIpc) is 2.72. The first-order chi connectivity index (χ1) is 8.45. The number of hydrogen-bond acceptors (Lipinski definition) is 3. The Kier molecular flexibility index (Phi) is 5.19. The lowest BCUT2D eigenvalue weighted by molar-refractivity contribution is 0.237. The molecule has 0 radical (unpaired) electrons. The minimum atomic E-state index is -0.188. The van der Waals surface area contributed by atoms with Gasteiger partial charge < -0.3 is 10.1 Å². The van der Waals surface area contributed by atoms with Crippen molar-refractivity contribution >= 4 is 6.03 Å². The highest BCUT2D eigenvalue weighted by molar-refractivity contribution is 5.78. The summed E-state index contributed by atoms with van der Waals surface area (Å²) in [6.45, 7) is 8.97. The third kappa shape index (κ3) is 3.75. The van der Waals surface area contributed by atoms with Crippen molar-refractivity contribution in [3.05, 3.63) is 11.9 Å². The summed E-state index contributed by atoms with van der Waals surface area (Å²) in [5, 5.41) is 2.86. The van der Waals surface area contributed by atoms with Crippen molar-refractivity contribution in [1.82, 2.24) is 14.9 Å². The summed E-state index contributed by atoms with van der Waals surface area (Å²) in [4.78, 5) is 16.2. The lowest BCUT2D eigenvalue weighted by Crippen LogP contribution is -2.29. The molecule has 102 valence electrons. The normalized spacial score (nSPS) is 11.1. The number of rotatable bonds is 5. The van der Waals surface area contributed by atoms with E-state index in [1.165, 1.54) is 11.7 Å². The highest BCUT2D eigenvalue weighted by atomic mass is 16.5. The van der Waals surface area contributed by atoms with E-state index in [9.17, 15) is 4.79 Å². The van der Waals surface area contributed by atoms with E-state index in [1.54, 1.807) is 6.20 Å². The Labute approximate surface area is 109 Å². The molecule has 0 saturated carbocycles. The zero-order valence-corrected chi connectivity index (χ0v) is 11.9. The Morgan fingerprint density at radius 3 is 2.61 bits per heavy atom. The highest BCUT2D eigenvalue weighted by Crippen LogP contribution is 2.17. The maximum Gasteiger partial charge on any atom is 0.329 e. The number of nitrogens with zero attached hydrogens (tertiary/aromatic N) is 2. The third-order valence-corrected chi connectivity index (χ3v) is 2.68. The zero-order valence-electron chi connectivity index (χ0n) is 11.9. The van der Waals surface area contributed by atoms with Crippen LogP contribution in [0.2, 0.25) is 0 Å². The predicted molar refractivity (Wildman–Crippen MR) is 71.1 cm³/mol. The second-order valence-corrected chi connectivity index (χ2v) is 5.09. The van der Waals surface area contributed by atoms with Crippen LogP contribution in [0.5, 0.6) is 6.01 Å². The van der Waals surface area contributed by atoms with Crippen LogP contribution >= 0.6 is 0 Å². The molecule has 18 heavy (non-hydrogen) atoms. The Balaban J connectivity index is 2.72. The Morgan fingerprint density at radius 2 is 2.11 bits per heavy atom. The van der Waals surface area contributed by atoms with Gasteiger partial charge in [-0.1, -0.05) is 27.7 Å². The summed E-state index contributed by atoms with van der Waals surface area (Å²) in [6.07, 6.45) is 2.69. The minimum absolute atomic E-state index is 0.188. The van der Waals surface area contributed by atoms with Gasteiger partial charge in [-0.3, -0.25) is 0 Å². The molecular weight excluding hydrogens is 230 g/mol. The Bertz CT molecular complexity index is 397. The highest BCUT2D eigenvalue weighted by Gasteiger charge is 2.15. The van der Waals surface area contributed by atoms with Crippen LogP contribution in [0.4, 0.5) is 4.79 Å². The van der Waals surface area contributed by atoms with E-state index in [2.05, 4.69) is 24.1 Å². The largest absolute Gasteiger partial charge is 0.468 e. The van der Waals surface area contributed by atoms with Crippen LogP contribution in [0, 0.1) is 5.92 Å². The second-order valence-electron chi connectivity index (χ2n) is 5.09. The van der Waals surface area contributed by atoms with Crippen molar-refractivity contribution in [1.29, 1.82) is 0 Å². The first-order valence-electron chi connectivity index (χ1n) is 6.37. The lowest BCUT2D eigenvalue weighted by Gasteiger charge is -2.08. The molecule has 1 aromatic rings. The van der Waals surface area contributed by atoms with Gasteiger partial charge in [0.15, 0.2) is 0 Å². The van der Waals surface area contributed by atoms with Crippen molar-refractivity contribution < 1.29 is 9.53 Å². The van der Waals surface area contributed by atoms with Gasteiger partial charge in [0.25, 0.3) is 0 Å². The molecule has 0 unspecified atom stereocenters. The zero-order chi connectivity index (χ0) is 13.7. The molecule has 0 aromatic carbocycles. The second kappa shape index (κ2) is 6.42. The number of aromatic nitrogens is 2. The number of carbonyl (C=O) groups is 1. The SMILES string of the molecule is COc1nc(C(C)C)cn1C(=O)NCCC(C)C. The molecule has 0 aliphatic carbocycles. The van der Waals surface area contributed by atoms with Gasteiger partial charge in [0, 0.05) is 12.7 Å². The topological polar surface area (TPSA) is 56.2 Å². The maximum atomic E-state index is 12.0. The van der Waals surface area contributed by atoms with E-state index in [4.69, 9.17) is 4.74 Å². The van der Waals surface area contributed by atoms with Gasteiger partial charge in [0.1, 0.15) is 0 Å². The number of carbonyl (C=O) groups excluding carboxylic acids is 1. The van der Waals surface area contributed by atoms with E-state index in [1.807, 2.05) is 13.8 Å². The molecule has 1 amide bonds. The number of ether oxygens (including phenoxy) is 1. The van der Waals surface area contributed by atoms with Gasteiger partial charge in [0.05, 0.1) is 12.8 Å². The van der Waals surface area contributed by atoms with Gasteiger partial charge in [-0.05, 0) is 18.3 Å². The summed E-state index contributed by atoms with van der Waals surface area (Å²) < 4.78 is 6.54. The monoisotopic (exact) mass is 253 g/mol. The van der Waals surface area contributed by atoms with Crippen LogP contribution in [0.25, 0.3) is 0 Å². The number of hydrogen-bond donors (Lipinski definition) is 1. The first kappa shape index (κ1) is 14.5. The Hall–Kier alpha value is -1.52. The number of methoxy groups -OCH3 is 1. The predicted octanol–water partition coefficient (Wildman–Crippen LogP) is 2.62. The molecule has 5 nitrogen and oxygen atoms in total. The molecular formula is C13H23N3O2. The van der Waals surface area contributed by atoms with Gasteiger partial charge >= 0.3 is 12.0 Å². The van der Waals surface area contributed by atoms with E-state index in [0.717, 1.165) is 12.1 Å². The molecule has 1 heterocycles. The van der Waals surface area contributed by atoms with Gasteiger partial charge in [-0.15, -0.1) is 0 Å². The lowest BCUT2D eigenvalue weighted by atomic mass is 10.1. The summed E-state index contributed by atoms with van der Waals surface area (Å²) in [5.41, 5.74) is 0.853. The molecule has 0 bridgehead atoms. The number of amides is 1. The standard InChI is InChI=1S/C13H23N3O2/c1-9(2)6-7-14-12(17)16-8-11(10(3)4)15-13(16)18-5/h8-10H,6-7H2,1-5H3,(H,14,17). The van der Waals surface area contributed by atoms with Crippen molar-refractivity contribution in [3.8, 4) is 6.01 Å². The van der Waals surface area contributed by atoms with Crippen LogP contribution in [-0.4, -0.2) is 29.2 Å². The molecule has 0 aliphatic rings. The van der Waals surface area contributed by atoms with Crippen LogP contribution in [-0.2, 0) is 0 Å².